The molecule has 0 saturated heterocycles. The first-order valence-electron chi connectivity index (χ1n) is 6.59. The molecule has 17 heavy (non-hydrogen) atoms. The van der Waals surface area contributed by atoms with Gasteiger partial charge in [0.15, 0.2) is 0 Å². The van der Waals surface area contributed by atoms with E-state index in [2.05, 4.69) is 21.8 Å². The molecule has 4 nitrogen and oxygen atoms in total. The summed E-state index contributed by atoms with van der Waals surface area (Å²) in [6.45, 7) is 5.02. The van der Waals surface area contributed by atoms with Crippen molar-refractivity contribution >= 4 is 5.95 Å². The molecule has 2 rings (SSSR count). The summed E-state index contributed by atoms with van der Waals surface area (Å²) in [4.78, 5) is 11.2. The molecule has 2 N–H and O–H groups in total. The second-order valence-corrected chi connectivity index (χ2v) is 4.82. The molecule has 0 unspecified atom stereocenters. The van der Waals surface area contributed by atoms with Crippen LogP contribution in [0.15, 0.2) is 12.4 Å². The van der Waals surface area contributed by atoms with E-state index in [1.54, 1.807) is 0 Å². The number of nitrogens with zero attached hydrogens (tertiary/aromatic N) is 3. The molecule has 0 radical (unpaired) electrons. The van der Waals surface area contributed by atoms with Gasteiger partial charge in [-0.25, -0.2) is 9.97 Å². The number of anilines is 1. The second-order valence-electron chi connectivity index (χ2n) is 4.82. The summed E-state index contributed by atoms with van der Waals surface area (Å²) in [5, 5.41) is 0. The van der Waals surface area contributed by atoms with E-state index in [0.717, 1.165) is 43.4 Å². The summed E-state index contributed by atoms with van der Waals surface area (Å²) < 4.78 is 0. The zero-order chi connectivity index (χ0) is 12.1. The molecule has 0 bridgehead atoms. The van der Waals surface area contributed by atoms with Gasteiger partial charge in [0.05, 0.1) is 0 Å². The third-order valence-corrected chi connectivity index (χ3v) is 3.08. The number of hydrogen-bond donors (Lipinski definition) is 1. The van der Waals surface area contributed by atoms with Crippen LogP contribution in [0.3, 0.4) is 0 Å². The molecule has 94 valence electrons. The lowest BCUT2D eigenvalue weighted by atomic mass is 10.2. The Hall–Kier alpha value is -1.16. The number of hydrogen-bond acceptors (Lipinski definition) is 4. The molecular formula is C13H22N4. The van der Waals surface area contributed by atoms with E-state index in [4.69, 9.17) is 5.73 Å². The maximum atomic E-state index is 5.51. The van der Waals surface area contributed by atoms with Crippen LogP contribution in [0.2, 0.25) is 0 Å². The van der Waals surface area contributed by atoms with Crippen LogP contribution in [0, 0.1) is 5.92 Å². The Bertz CT molecular complexity index is 332. The first kappa shape index (κ1) is 12.3. The fraction of sp³-hybridized carbons (Fsp3) is 0.692. The lowest BCUT2D eigenvalue weighted by Crippen LogP contribution is -2.28. The van der Waals surface area contributed by atoms with Crippen LogP contribution in [0.4, 0.5) is 5.95 Å². The van der Waals surface area contributed by atoms with Crippen molar-refractivity contribution in [1.29, 1.82) is 0 Å². The van der Waals surface area contributed by atoms with Crippen LogP contribution in [0.1, 0.15) is 31.7 Å². The van der Waals surface area contributed by atoms with E-state index in [9.17, 15) is 0 Å². The minimum atomic E-state index is 0.656. The minimum absolute atomic E-state index is 0.656. The summed E-state index contributed by atoms with van der Waals surface area (Å²) in [6, 6.07) is 0. The van der Waals surface area contributed by atoms with Gasteiger partial charge < -0.3 is 10.6 Å². The molecular weight excluding hydrogens is 212 g/mol. The molecule has 1 saturated carbocycles. The average Bonchev–Trinajstić information content (AvgIpc) is 3.14. The Morgan fingerprint density at radius 3 is 2.59 bits per heavy atom. The fourth-order valence-corrected chi connectivity index (χ4v) is 1.96. The summed E-state index contributed by atoms with van der Waals surface area (Å²) in [5.41, 5.74) is 6.64. The minimum Gasteiger partial charge on any atom is -0.341 e. The molecule has 0 amide bonds. The highest BCUT2D eigenvalue weighted by Gasteiger charge is 2.25. The van der Waals surface area contributed by atoms with Gasteiger partial charge in [-0.1, -0.05) is 6.92 Å². The highest BCUT2D eigenvalue weighted by molar-refractivity contribution is 5.30. The Kier molecular flexibility index (Phi) is 4.31. The van der Waals surface area contributed by atoms with Crippen LogP contribution in [-0.2, 0) is 6.42 Å². The van der Waals surface area contributed by atoms with Gasteiger partial charge in [-0.3, -0.25) is 0 Å². The molecule has 1 fully saturated rings. The molecule has 0 spiro atoms. The van der Waals surface area contributed by atoms with Gasteiger partial charge in [0.2, 0.25) is 5.95 Å². The van der Waals surface area contributed by atoms with Crippen LogP contribution < -0.4 is 10.6 Å². The van der Waals surface area contributed by atoms with Crippen molar-refractivity contribution in [3.63, 3.8) is 0 Å². The quantitative estimate of drug-likeness (QED) is 0.778. The highest BCUT2D eigenvalue weighted by atomic mass is 15.2. The third kappa shape index (κ3) is 3.66. The van der Waals surface area contributed by atoms with Gasteiger partial charge in [0, 0.05) is 25.5 Å². The van der Waals surface area contributed by atoms with E-state index in [0.29, 0.717) is 6.54 Å². The second kappa shape index (κ2) is 5.96. The third-order valence-electron chi connectivity index (χ3n) is 3.08. The zero-order valence-corrected chi connectivity index (χ0v) is 10.6. The molecule has 1 aromatic heterocycles. The van der Waals surface area contributed by atoms with Gasteiger partial charge in [0.1, 0.15) is 0 Å². The largest absolute Gasteiger partial charge is 0.341 e. The Morgan fingerprint density at radius 2 is 2.06 bits per heavy atom. The molecule has 4 heteroatoms. The Balaban J connectivity index is 2.00. The Labute approximate surface area is 103 Å². The SMILES string of the molecule is CCCN(CC1CC1)c1ncc(CCN)cn1. The number of aromatic nitrogens is 2. The summed E-state index contributed by atoms with van der Waals surface area (Å²) in [6.07, 6.45) is 8.55. The number of nitrogens with two attached hydrogens (primary N) is 1. The molecule has 0 aliphatic heterocycles. The lowest BCUT2D eigenvalue weighted by molar-refractivity contribution is 0.687. The first-order valence-corrected chi connectivity index (χ1v) is 6.59. The number of rotatable bonds is 7. The summed E-state index contributed by atoms with van der Waals surface area (Å²) in [7, 11) is 0. The lowest BCUT2D eigenvalue weighted by Gasteiger charge is -2.21. The fourth-order valence-electron chi connectivity index (χ4n) is 1.96. The predicted molar refractivity (Wildman–Crippen MR) is 70.0 cm³/mol. The van der Waals surface area contributed by atoms with Crippen molar-refractivity contribution in [3.8, 4) is 0 Å². The van der Waals surface area contributed by atoms with Crippen LogP contribution in [-0.4, -0.2) is 29.6 Å². The van der Waals surface area contributed by atoms with Gasteiger partial charge >= 0.3 is 0 Å². The van der Waals surface area contributed by atoms with Crippen molar-refractivity contribution in [2.24, 2.45) is 11.7 Å². The van der Waals surface area contributed by atoms with E-state index < -0.39 is 0 Å². The van der Waals surface area contributed by atoms with Crippen molar-refractivity contribution in [3.05, 3.63) is 18.0 Å². The Morgan fingerprint density at radius 1 is 1.35 bits per heavy atom. The van der Waals surface area contributed by atoms with Crippen molar-refractivity contribution in [2.75, 3.05) is 24.5 Å². The summed E-state index contributed by atoms with van der Waals surface area (Å²) in [5.74, 6) is 1.74. The monoisotopic (exact) mass is 234 g/mol. The zero-order valence-electron chi connectivity index (χ0n) is 10.6. The van der Waals surface area contributed by atoms with Gasteiger partial charge in [-0.15, -0.1) is 0 Å². The van der Waals surface area contributed by atoms with Crippen molar-refractivity contribution < 1.29 is 0 Å². The van der Waals surface area contributed by atoms with E-state index in [1.807, 2.05) is 12.4 Å². The first-order chi connectivity index (χ1) is 8.33. The van der Waals surface area contributed by atoms with Crippen LogP contribution >= 0.6 is 0 Å². The van der Waals surface area contributed by atoms with E-state index in [1.165, 1.54) is 12.8 Å². The maximum Gasteiger partial charge on any atom is 0.225 e. The highest BCUT2D eigenvalue weighted by Crippen LogP contribution is 2.30. The van der Waals surface area contributed by atoms with Gasteiger partial charge in [-0.2, -0.15) is 0 Å². The van der Waals surface area contributed by atoms with Gasteiger partial charge in [0.25, 0.3) is 0 Å². The molecule has 0 aromatic carbocycles. The molecule has 1 aromatic rings. The molecule has 0 atom stereocenters. The van der Waals surface area contributed by atoms with Crippen LogP contribution in [0.25, 0.3) is 0 Å². The predicted octanol–water partition coefficient (Wildman–Crippen LogP) is 1.60. The molecule has 1 heterocycles. The van der Waals surface area contributed by atoms with Crippen LogP contribution in [0.5, 0.6) is 0 Å². The summed E-state index contributed by atoms with van der Waals surface area (Å²) >= 11 is 0. The standard InChI is InChI=1S/C13H22N4/c1-2-7-17(10-11-3-4-11)13-15-8-12(5-6-14)9-16-13/h8-9,11H,2-7,10,14H2,1H3. The van der Waals surface area contributed by atoms with Crippen molar-refractivity contribution in [2.45, 2.75) is 32.6 Å². The molecule has 1 aliphatic carbocycles. The van der Waals surface area contributed by atoms with E-state index in [-0.39, 0.29) is 0 Å². The average molecular weight is 234 g/mol. The smallest absolute Gasteiger partial charge is 0.225 e. The van der Waals surface area contributed by atoms with E-state index >= 15 is 0 Å². The maximum absolute atomic E-state index is 5.51. The van der Waals surface area contributed by atoms with Gasteiger partial charge in [-0.05, 0) is 43.7 Å². The topological polar surface area (TPSA) is 55.0 Å². The molecule has 1 aliphatic rings. The van der Waals surface area contributed by atoms with Crippen molar-refractivity contribution in [1.82, 2.24) is 9.97 Å². The normalized spacial score (nSPS) is 14.9.